The molecule has 0 amide bonds. The zero-order valence-corrected chi connectivity index (χ0v) is 12.9. The van der Waals surface area contributed by atoms with Crippen LogP contribution in [0.5, 0.6) is 0 Å². The maximum atomic E-state index is 4.42. The van der Waals surface area contributed by atoms with Crippen molar-refractivity contribution in [3.8, 4) is 0 Å². The van der Waals surface area contributed by atoms with Crippen LogP contribution in [0.3, 0.4) is 0 Å². The minimum absolute atomic E-state index is 0.118. The molecule has 1 saturated heterocycles. The molecular formula is C16H26N4. The molecule has 2 fully saturated rings. The molecule has 1 aromatic heterocycles. The molecule has 4 heteroatoms. The lowest BCUT2D eigenvalue weighted by Crippen LogP contribution is -2.35. The SMILES string of the molecule is CC(C)(C)NCc1ccc(N2CC3CCCC3C2)nn1. The predicted molar refractivity (Wildman–Crippen MR) is 81.7 cm³/mol. The maximum Gasteiger partial charge on any atom is 0.151 e. The Balaban J connectivity index is 1.59. The predicted octanol–water partition coefficient (Wildman–Crippen LogP) is 2.60. The molecule has 20 heavy (non-hydrogen) atoms. The van der Waals surface area contributed by atoms with E-state index in [0.717, 1.165) is 29.9 Å². The van der Waals surface area contributed by atoms with E-state index in [1.165, 1.54) is 32.4 Å². The van der Waals surface area contributed by atoms with Crippen LogP contribution < -0.4 is 10.2 Å². The van der Waals surface area contributed by atoms with Gasteiger partial charge >= 0.3 is 0 Å². The third kappa shape index (κ3) is 3.11. The highest BCUT2D eigenvalue weighted by molar-refractivity contribution is 5.39. The lowest BCUT2D eigenvalue weighted by atomic mass is 10.0. The standard InChI is InChI=1S/C16H26N4/c1-16(2,3)17-9-14-7-8-15(19-18-14)20-10-12-5-4-6-13(12)11-20/h7-8,12-13,17H,4-6,9-11H2,1-3H3. The number of fused-ring (bicyclic) bond motifs is 1. The van der Waals surface area contributed by atoms with E-state index in [4.69, 9.17) is 0 Å². The normalized spacial score (nSPS) is 26.1. The maximum absolute atomic E-state index is 4.42. The van der Waals surface area contributed by atoms with Crippen LogP contribution in [0, 0.1) is 11.8 Å². The van der Waals surface area contributed by atoms with Gasteiger partial charge in [0.15, 0.2) is 5.82 Å². The molecule has 0 radical (unpaired) electrons. The van der Waals surface area contributed by atoms with Gasteiger partial charge in [-0.15, -0.1) is 5.10 Å². The fourth-order valence-electron chi connectivity index (χ4n) is 3.39. The largest absolute Gasteiger partial charge is 0.355 e. The van der Waals surface area contributed by atoms with Crippen molar-refractivity contribution in [2.75, 3.05) is 18.0 Å². The van der Waals surface area contributed by atoms with Crippen LogP contribution in [-0.2, 0) is 6.54 Å². The fraction of sp³-hybridized carbons (Fsp3) is 0.750. The van der Waals surface area contributed by atoms with Crippen LogP contribution in [0.2, 0.25) is 0 Å². The molecule has 0 aromatic carbocycles. The molecular weight excluding hydrogens is 248 g/mol. The number of hydrogen-bond acceptors (Lipinski definition) is 4. The first kappa shape index (κ1) is 13.8. The number of nitrogens with one attached hydrogen (secondary N) is 1. The molecule has 1 aliphatic carbocycles. The monoisotopic (exact) mass is 274 g/mol. The Morgan fingerprint density at radius 2 is 1.85 bits per heavy atom. The molecule has 0 bridgehead atoms. The zero-order chi connectivity index (χ0) is 14.2. The molecule has 2 unspecified atom stereocenters. The van der Waals surface area contributed by atoms with E-state index in [9.17, 15) is 0 Å². The van der Waals surface area contributed by atoms with Gasteiger partial charge in [-0.2, -0.15) is 5.10 Å². The number of hydrogen-bond donors (Lipinski definition) is 1. The first-order chi connectivity index (χ1) is 9.51. The Morgan fingerprint density at radius 3 is 2.40 bits per heavy atom. The van der Waals surface area contributed by atoms with Crippen LogP contribution in [0.15, 0.2) is 12.1 Å². The first-order valence-corrected chi connectivity index (χ1v) is 7.84. The van der Waals surface area contributed by atoms with Crippen LogP contribution in [-0.4, -0.2) is 28.8 Å². The van der Waals surface area contributed by atoms with Gasteiger partial charge in [0.1, 0.15) is 0 Å². The average molecular weight is 274 g/mol. The number of anilines is 1. The Labute approximate surface area is 122 Å². The lowest BCUT2D eigenvalue weighted by molar-refractivity contribution is 0.420. The van der Waals surface area contributed by atoms with Crippen molar-refractivity contribution < 1.29 is 0 Å². The van der Waals surface area contributed by atoms with E-state index in [-0.39, 0.29) is 5.54 Å². The number of rotatable bonds is 3. The van der Waals surface area contributed by atoms with Crippen molar-refractivity contribution >= 4 is 5.82 Å². The zero-order valence-electron chi connectivity index (χ0n) is 12.9. The molecule has 2 heterocycles. The van der Waals surface area contributed by atoms with Crippen molar-refractivity contribution in [2.24, 2.45) is 11.8 Å². The highest BCUT2D eigenvalue weighted by Gasteiger charge is 2.36. The van der Waals surface area contributed by atoms with Gasteiger partial charge in [0, 0.05) is 25.2 Å². The van der Waals surface area contributed by atoms with Crippen LogP contribution in [0.25, 0.3) is 0 Å². The molecule has 2 atom stereocenters. The van der Waals surface area contributed by atoms with E-state index < -0.39 is 0 Å². The summed E-state index contributed by atoms with van der Waals surface area (Å²) < 4.78 is 0. The topological polar surface area (TPSA) is 41.0 Å². The summed E-state index contributed by atoms with van der Waals surface area (Å²) in [7, 11) is 0. The van der Waals surface area contributed by atoms with Gasteiger partial charge in [0.2, 0.25) is 0 Å². The van der Waals surface area contributed by atoms with Gasteiger partial charge < -0.3 is 10.2 Å². The number of aromatic nitrogens is 2. The number of nitrogens with zero attached hydrogens (tertiary/aromatic N) is 3. The van der Waals surface area contributed by atoms with Gasteiger partial charge in [-0.3, -0.25) is 0 Å². The van der Waals surface area contributed by atoms with Crippen molar-refractivity contribution in [3.05, 3.63) is 17.8 Å². The molecule has 1 N–H and O–H groups in total. The molecule has 1 saturated carbocycles. The molecule has 3 rings (SSSR count). The Hall–Kier alpha value is -1.16. The van der Waals surface area contributed by atoms with Gasteiger partial charge in [-0.1, -0.05) is 6.42 Å². The van der Waals surface area contributed by atoms with Crippen molar-refractivity contribution in [3.63, 3.8) is 0 Å². The minimum Gasteiger partial charge on any atom is -0.355 e. The van der Waals surface area contributed by atoms with Gasteiger partial charge in [0.05, 0.1) is 5.69 Å². The van der Waals surface area contributed by atoms with E-state index in [1.54, 1.807) is 0 Å². The molecule has 1 aliphatic heterocycles. The third-order valence-electron chi connectivity index (χ3n) is 4.56. The second kappa shape index (κ2) is 5.32. The van der Waals surface area contributed by atoms with Crippen molar-refractivity contribution in [1.29, 1.82) is 0 Å². The molecule has 0 spiro atoms. The van der Waals surface area contributed by atoms with Gasteiger partial charge in [-0.05, 0) is 57.6 Å². The Kier molecular flexibility index (Phi) is 3.67. The van der Waals surface area contributed by atoms with Gasteiger partial charge in [0.25, 0.3) is 0 Å². The van der Waals surface area contributed by atoms with E-state index in [0.29, 0.717) is 0 Å². The summed E-state index contributed by atoms with van der Waals surface area (Å²) in [5.74, 6) is 2.86. The highest BCUT2D eigenvalue weighted by Crippen LogP contribution is 2.38. The highest BCUT2D eigenvalue weighted by atomic mass is 15.3. The van der Waals surface area contributed by atoms with Gasteiger partial charge in [-0.25, -0.2) is 0 Å². The van der Waals surface area contributed by atoms with Crippen LogP contribution in [0.4, 0.5) is 5.82 Å². The average Bonchev–Trinajstić information content (AvgIpc) is 2.97. The second-order valence-corrected chi connectivity index (χ2v) is 7.34. The molecule has 110 valence electrons. The molecule has 2 aliphatic rings. The fourth-order valence-corrected chi connectivity index (χ4v) is 3.39. The minimum atomic E-state index is 0.118. The summed E-state index contributed by atoms with van der Waals surface area (Å²) in [5.41, 5.74) is 1.13. The quantitative estimate of drug-likeness (QED) is 0.920. The third-order valence-corrected chi connectivity index (χ3v) is 4.56. The smallest absolute Gasteiger partial charge is 0.151 e. The van der Waals surface area contributed by atoms with Crippen molar-refractivity contribution in [1.82, 2.24) is 15.5 Å². The Morgan fingerprint density at radius 1 is 1.15 bits per heavy atom. The summed E-state index contributed by atoms with van der Waals surface area (Å²) in [5, 5.41) is 12.2. The van der Waals surface area contributed by atoms with E-state index in [1.807, 2.05) is 0 Å². The summed E-state index contributed by atoms with van der Waals surface area (Å²) in [6, 6.07) is 4.24. The van der Waals surface area contributed by atoms with Crippen LogP contribution >= 0.6 is 0 Å². The summed E-state index contributed by atoms with van der Waals surface area (Å²) in [6.07, 6.45) is 4.23. The molecule has 4 nitrogen and oxygen atoms in total. The Bertz CT molecular complexity index is 437. The first-order valence-electron chi connectivity index (χ1n) is 7.84. The summed E-state index contributed by atoms with van der Waals surface area (Å²) in [4.78, 5) is 2.42. The second-order valence-electron chi connectivity index (χ2n) is 7.34. The molecule has 1 aromatic rings. The lowest BCUT2D eigenvalue weighted by Gasteiger charge is -2.20. The summed E-state index contributed by atoms with van der Waals surface area (Å²) >= 11 is 0. The van der Waals surface area contributed by atoms with E-state index >= 15 is 0 Å². The van der Waals surface area contributed by atoms with Crippen molar-refractivity contribution in [2.45, 2.75) is 52.1 Å². The summed E-state index contributed by atoms with van der Waals surface area (Å²) in [6.45, 7) is 9.63. The van der Waals surface area contributed by atoms with Crippen LogP contribution in [0.1, 0.15) is 45.7 Å². The van der Waals surface area contributed by atoms with E-state index in [2.05, 4.69) is 53.3 Å².